The minimum absolute atomic E-state index is 0.0846. The predicted octanol–water partition coefficient (Wildman–Crippen LogP) is 7.45. The molecule has 0 radical (unpaired) electrons. The van der Waals surface area contributed by atoms with Gasteiger partial charge in [-0.15, -0.1) is 0 Å². The van der Waals surface area contributed by atoms with Crippen LogP contribution in [0.4, 0.5) is 18.9 Å². The molecule has 0 aliphatic heterocycles. The van der Waals surface area contributed by atoms with E-state index in [0.717, 1.165) is 18.2 Å². The van der Waals surface area contributed by atoms with Crippen molar-refractivity contribution in [2.45, 2.75) is 6.18 Å². The van der Waals surface area contributed by atoms with Gasteiger partial charge in [0.2, 0.25) is 5.91 Å². The number of alkyl halides is 3. The summed E-state index contributed by atoms with van der Waals surface area (Å²) in [5.74, 6) is 0.157. The molecule has 0 saturated heterocycles. The Hall–Kier alpha value is -2.52. The first-order chi connectivity index (χ1) is 15.0. The third-order valence-electron chi connectivity index (χ3n) is 3.94. The van der Waals surface area contributed by atoms with E-state index in [4.69, 9.17) is 51.4 Å². The number of furan rings is 1. The van der Waals surface area contributed by atoms with Crippen molar-refractivity contribution in [3.05, 3.63) is 81.0 Å². The summed E-state index contributed by atoms with van der Waals surface area (Å²) in [6.45, 7) is 0. The molecule has 0 unspecified atom stereocenters. The largest absolute Gasteiger partial charge is 0.457 e. The molecule has 0 fully saturated rings. The molecule has 0 atom stereocenters. The zero-order valence-corrected chi connectivity index (χ0v) is 18.9. The molecule has 0 spiro atoms. The number of halogens is 6. The van der Waals surface area contributed by atoms with Crippen LogP contribution in [-0.4, -0.2) is 11.0 Å². The van der Waals surface area contributed by atoms with Gasteiger partial charge in [-0.3, -0.25) is 10.1 Å². The molecule has 4 nitrogen and oxygen atoms in total. The minimum Gasteiger partial charge on any atom is -0.457 e. The summed E-state index contributed by atoms with van der Waals surface area (Å²) in [6, 6.07) is 11.4. The van der Waals surface area contributed by atoms with Gasteiger partial charge in [-0.25, -0.2) is 0 Å². The highest BCUT2D eigenvalue weighted by Crippen LogP contribution is 2.36. The molecule has 1 amide bonds. The van der Waals surface area contributed by atoms with Crippen LogP contribution in [0.5, 0.6) is 0 Å². The normalized spacial score (nSPS) is 11.6. The monoisotopic (exact) mass is 518 g/mol. The molecule has 32 heavy (non-hydrogen) atoms. The van der Waals surface area contributed by atoms with Crippen LogP contribution in [0.1, 0.15) is 11.3 Å². The van der Waals surface area contributed by atoms with E-state index in [1.807, 2.05) is 0 Å². The van der Waals surface area contributed by atoms with E-state index in [-0.39, 0.29) is 15.8 Å². The van der Waals surface area contributed by atoms with Crippen LogP contribution in [0, 0.1) is 0 Å². The SMILES string of the molecule is O=C(/C=C/c1ccc(-c2cc(Cl)cc(Cl)c2)o1)NC(=S)Nc1ccc(Cl)cc1C(F)(F)F. The van der Waals surface area contributed by atoms with Crippen molar-refractivity contribution in [1.29, 1.82) is 0 Å². The molecule has 11 heteroatoms. The number of anilines is 1. The third kappa shape index (κ3) is 6.49. The predicted molar refractivity (Wildman–Crippen MR) is 124 cm³/mol. The van der Waals surface area contributed by atoms with Gasteiger partial charge in [0.15, 0.2) is 5.11 Å². The molecule has 0 bridgehead atoms. The van der Waals surface area contributed by atoms with E-state index in [2.05, 4.69) is 10.6 Å². The lowest BCUT2D eigenvalue weighted by molar-refractivity contribution is -0.136. The highest BCUT2D eigenvalue weighted by atomic mass is 35.5. The van der Waals surface area contributed by atoms with Gasteiger partial charge < -0.3 is 9.73 Å². The van der Waals surface area contributed by atoms with Gasteiger partial charge >= 0.3 is 6.18 Å². The highest BCUT2D eigenvalue weighted by molar-refractivity contribution is 7.80. The van der Waals surface area contributed by atoms with Crippen molar-refractivity contribution in [2.75, 3.05) is 5.32 Å². The van der Waals surface area contributed by atoms with Gasteiger partial charge in [-0.2, -0.15) is 13.2 Å². The summed E-state index contributed by atoms with van der Waals surface area (Å²) in [4.78, 5) is 12.1. The molecule has 1 aromatic heterocycles. The molecular formula is C21H12Cl3F3N2O2S. The number of hydrogen-bond acceptors (Lipinski definition) is 3. The molecule has 166 valence electrons. The number of amides is 1. The fourth-order valence-corrected chi connectivity index (χ4v) is 3.53. The lowest BCUT2D eigenvalue weighted by atomic mass is 10.1. The summed E-state index contributed by atoms with van der Waals surface area (Å²) in [5, 5.41) is 5.09. The van der Waals surface area contributed by atoms with Crippen LogP contribution in [-0.2, 0) is 11.0 Å². The van der Waals surface area contributed by atoms with Gasteiger partial charge in [0.25, 0.3) is 0 Å². The summed E-state index contributed by atoms with van der Waals surface area (Å²) in [5.41, 5.74) is -0.700. The summed E-state index contributed by atoms with van der Waals surface area (Å²) in [7, 11) is 0. The van der Waals surface area contributed by atoms with Crippen LogP contribution in [0.15, 0.2) is 59.0 Å². The Kier molecular flexibility index (Phi) is 7.51. The summed E-state index contributed by atoms with van der Waals surface area (Å²) in [6.07, 6.45) is -2.16. The van der Waals surface area contributed by atoms with E-state index in [1.54, 1.807) is 30.3 Å². The first-order valence-electron chi connectivity index (χ1n) is 8.74. The highest BCUT2D eigenvalue weighted by Gasteiger charge is 2.34. The molecule has 0 aliphatic rings. The maximum atomic E-state index is 13.2. The molecular weight excluding hydrogens is 508 g/mol. The van der Waals surface area contributed by atoms with Crippen LogP contribution in [0.2, 0.25) is 15.1 Å². The number of nitrogens with one attached hydrogen (secondary N) is 2. The zero-order valence-electron chi connectivity index (χ0n) is 15.8. The van der Waals surface area contributed by atoms with Gasteiger partial charge in [0.1, 0.15) is 11.5 Å². The van der Waals surface area contributed by atoms with Gasteiger partial charge in [0.05, 0.1) is 11.3 Å². The Morgan fingerprint density at radius 1 is 0.969 bits per heavy atom. The molecule has 2 aromatic carbocycles. The Bertz CT molecular complexity index is 1190. The molecule has 0 aliphatic carbocycles. The lowest BCUT2D eigenvalue weighted by Crippen LogP contribution is -2.33. The van der Waals surface area contributed by atoms with Crippen LogP contribution >= 0.6 is 47.0 Å². The lowest BCUT2D eigenvalue weighted by Gasteiger charge is -2.15. The minimum atomic E-state index is -4.66. The standard InChI is InChI=1S/C21H12Cl3F3N2O2S/c22-12-1-4-17(16(10-12)21(25,26)27)28-20(32)29-19(30)6-3-15-2-5-18(31-15)11-7-13(23)9-14(24)8-11/h1-10H,(H2,28,29,30,32)/b6-3+. The summed E-state index contributed by atoms with van der Waals surface area (Å²) >= 11 is 22.5. The first kappa shape index (κ1) is 24.1. The third-order valence-corrected chi connectivity index (χ3v) is 4.82. The zero-order chi connectivity index (χ0) is 23.5. The second-order valence-electron chi connectivity index (χ2n) is 6.32. The van der Waals surface area contributed by atoms with Crippen LogP contribution < -0.4 is 10.6 Å². The van der Waals surface area contributed by atoms with Crippen LogP contribution in [0.25, 0.3) is 17.4 Å². The number of hydrogen-bond donors (Lipinski definition) is 2. The van der Waals surface area contributed by atoms with Crippen molar-refractivity contribution in [1.82, 2.24) is 5.32 Å². The molecule has 0 saturated carbocycles. The molecule has 3 aromatic rings. The number of carbonyl (C=O) groups excluding carboxylic acids is 1. The van der Waals surface area contributed by atoms with Crippen molar-refractivity contribution >= 4 is 69.8 Å². The topological polar surface area (TPSA) is 54.3 Å². The van der Waals surface area contributed by atoms with Gasteiger partial charge in [-0.05, 0) is 66.8 Å². The number of thiocarbonyl (C=S) groups is 1. The van der Waals surface area contributed by atoms with Crippen molar-refractivity contribution in [3.8, 4) is 11.3 Å². The maximum Gasteiger partial charge on any atom is 0.418 e. The summed E-state index contributed by atoms with van der Waals surface area (Å²) < 4.78 is 45.1. The average Bonchev–Trinajstić information content (AvgIpc) is 3.15. The van der Waals surface area contributed by atoms with E-state index in [1.165, 1.54) is 12.1 Å². The van der Waals surface area contributed by atoms with E-state index in [0.29, 0.717) is 27.1 Å². The number of benzene rings is 2. The fraction of sp³-hybridized carbons (Fsp3) is 0.0476. The van der Waals surface area contributed by atoms with Gasteiger partial charge in [0, 0.05) is 26.7 Å². The Balaban J connectivity index is 1.64. The Labute approximate surface area is 201 Å². The number of rotatable bonds is 4. The second kappa shape index (κ2) is 9.95. The molecule has 3 rings (SSSR count). The smallest absolute Gasteiger partial charge is 0.418 e. The Morgan fingerprint density at radius 2 is 1.66 bits per heavy atom. The van der Waals surface area contributed by atoms with Gasteiger partial charge in [-0.1, -0.05) is 34.8 Å². The van der Waals surface area contributed by atoms with Crippen LogP contribution in [0.3, 0.4) is 0 Å². The van der Waals surface area contributed by atoms with Crippen molar-refractivity contribution in [3.63, 3.8) is 0 Å². The number of carbonyl (C=O) groups is 1. The fourth-order valence-electron chi connectivity index (χ4n) is 2.62. The molecule has 2 N–H and O–H groups in total. The Morgan fingerprint density at radius 3 is 2.31 bits per heavy atom. The second-order valence-corrected chi connectivity index (χ2v) is 8.04. The van der Waals surface area contributed by atoms with Crippen molar-refractivity contribution < 1.29 is 22.4 Å². The van der Waals surface area contributed by atoms with E-state index in [9.17, 15) is 18.0 Å². The quantitative estimate of drug-likeness (QED) is 0.278. The van der Waals surface area contributed by atoms with E-state index >= 15 is 0 Å². The van der Waals surface area contributed by atoms with E-state index < -0.39 is 17.6 Å². The molecule has 1 heterocycles. The first-order valence-corrected chi connectivity index (χ1v) is 10.3. The van der Waals surface area contributed by atoms with Crippen molar-refractivity contribution in [2.24, 2.45) is 0 Å². The average molecular weight is 520 g/mol. The maximum absolute atomic E-state index is 13.2.